The first kappa shape index (κ1) is 56.1. The van der Waals surface area contributed by atoms with Crippen molar-refractivity contribution in [3.63, 3.8) is 0 Å². The van der Waals surface area contributed by atoms with Gasteiger partial charge in [0.25, 0.3) is 0 Å². The highest BCUT2D eigenvalue weighted by Gasteiger charge is 2.16. The molecule has 0 aliphatic carbocycles. The number of carbonyl (C=O) groups excluding carboxylic acids is 2. The molecule has 0 saturated carbocycles. The summed E-state index contributed by atoms with van der Waals surface area (Å²) < 4.78 is 10.6. The van der Waals surface area contributed by atoms with Crippen LogP contribution in [0.15, 0.2) is 36.5 Å². The number of aliphatic hydroxyl groups excluding tert-OH is 1. The lowest BCUT2D eigenvalue weighted by Crippen LogP contribution is -2.28. The van der Waals surface area contributed by atoms with Crippen molar-refractivity contribution in [3.05, 3.63) is 36.5 Å². The van der Waals surface area contributed by atoms with Crippen molar-refractivity contribution in [1.29, 1.82) is 0 Å². The zero-order chi connectivity index (χ0) is 42.1. The number of hydrogen-bond acceptors (Lipinski definition) is 5. The van der Waals surface area contributed by atoms with Crippen LogP contribution in [0.5, 0.6) is 0 Å². The summed E-state index contributed by atoms with van der Waals surface area (Å²) in [5.41, 5.74) is 0. The summed E-state index contributed by atoms with van der Waals surface area (Å²) in [5, 5.41) is 9.61. The molecule has 0 radical (unpaired) electrons. The normalized spacial score (nSPS) is 12.4. The van der Waals surface area contributed by atoms with Crippen LogP contribution in [0.4, 0.5) is 0 Å². The summed E-state index contributed by atoms with van der Waals surface area (Å²) in [5.74, 6) is -0.630. The number of allylic oxidation sites excluding steroid dienone is 6. The van der Waals surface area contributed by atoms with Crippen LogP contribution in [-0.4, -0.2) is 36.4 Å². The van der Waals surface area contributed by atoms with E-state index in [1.54, 1.807) is 0 Å². The molecular weight excluding hydrogens is 717 g/mol. The van der Waals surface area contributed by atoms with Gasteiger partial charge in [-0.1, -0.05) is 224 Å². The predicted molar refractivity (Wildman–Crippen MR) is 251 cm³/mol. The predicted octanol–water partition coefficient (Wildman–Crippen LogP) is 16.7. The molecule has 0 aromatic rings. The number of ether oxygens (including phenoxy) is 2. The summed E-state index contributed by atoms with van der Waals surface area (Å²) in [6.45, 7) is 4.14. The van der Waals surface area contributed by atoms with E-state index in [1.165, 1.54) is 199 Å². The van der Waals surface area contributed by atoms with E-state index >= 15 is 0 Å². The minimum absolute atomic E-state index is 0.0795. The topological polar surface area (TPSA) is 72.8 Å². The Morgan fingerprint density at radius 3 is 1.03 bits per heavy atom. The van der Waals surface area contributed by atoms with Gasteiger partial charge in [0.1, 0.15) is 6.61 Å². The molecule has 5 nitrogen and oxygen atoms in total. The SMILES string of the molecule is CCCCCCCC/C=C/CCCCCCCCCCCCCC(=O)OC[C@H](CO)OC(=O)CCC/C=C/CC/C=C/CCCCCCCCCCCCCCCC. The molecule has 0 rings (SSSR count). The van der Waals surface area contributed by atoms with Gasteiger partial charge in [0.15, 0.2) is 6.10 Å². The lowest BCUT2D eigenvalue weighted by atomic mass is 10.0. The number of unbranched alkanes of at least 4 members (excludes halogenated alkanes) is 33. The molecule has 0 saturated heterocycles. The van der Waals surface area contributed by atoms with E-state index < -0.39 is 6.10 Å². The second-order valence-corrected chi connectivity index (χ2v) is 17.2. The molecule has 0 unspecified atom stereocenters. The van der Waals surface area contributed by atoms with Gasteiger partial charge < -0.3 is 14.6 Å². The summed E-state index contributed by atoms with van der Waals surface area (Å²) in [7, 11) is 0. The molecule has 340 valence electrons. The van der Waals surface area contributed by atoms with Crippen molar-refractivity contribution in [2.24, 2.45) is 0 Å². The fraction of sp³-hybridized carbons (Fsp3) is 0.849. The second-order valence-electron chi connectivity index (χ2n) is 17.2. The summed E-state index contributed by atoms with van der Waals surface area (Å²) in [4.78, 5) is 24.4. The molecule has 1 atom stereocenters. The van der Waals surface area contributed by atoms with Gasteiger partial charge in [0, 0.05) is 12.8 Å². The molecule has 1 N–H and O–H groups in total. The molecule has 0 aromatic heterocycles. The Kier molecular flexibility index (Phi) is 47.9. The molecule has 58 heavy (non-hydrogen) atoms. The average molecular weight is 815 g/mol. The van der Waals surface area contributed by atoms with Crippen LogP contribution >= 0.6 is 0 Å². The minimum atomic E-state index is -0.792. The van der Waals surface area contributed by atoms with Gasteiger partial charge in [-0.15, -0.1) is 0 Å². The van der Waals surface area contributed by atoms with Crippen LogP contribution in [0, 0.1) is 0 Å². The summed E-state index contributed by atoms with van der Waals surface area (Å²) in [6, 6.07) is 0. The van der Waals surface area contributed by atoms with Gasteiger partial charge in [-0.3, -0.25) is 9.59 Å². The Labute approximate surface area is 361 Å². The molecule has 5 heteroatoms. The van der Waals surface area contributed by atoms with E-state index in [0.29, 0.717) is 19.3 Å². The Morgan fingerprint density at radius 1 is 0.379 bits per heavy atom. The number of esters is 2. The number of hydrogen-bond donors (Lipinski definition) is 1. The lowest BCUT2D eigenvalue weighted by Gasteiger charge is -2.15. The third-order valence-corrected chi connectivity index (χ3v) is 11.4. The summed E-state index contributed by atoms with van der Waals surface area (Å²) >= 11 is 0. The Hall–Kier alpha value is -1.88. The maximum atomic E-state index is 12.2. The van der Waals surface area contributed by atoms with Gasteiger partial charge in [-0.25, -0.2) is 0 Å². The highest BCUT2D eigenvalue weighted by Crippen LogP contribution is 2.16. The average Bonchev–Trinajstić information content (AvgIpc) is 3.23. The highest BCUT2D eigenvalue weighted by atomic mass is 16.6. The second kappa shape index (κ2) is 49.5. The molecule has 0 spiro atoms. The molecule has 0 aliphatic heterocycles. The van der Waals surface area contributed by atoms with E-state index in [1.807, 2.05) is 0 Å². The van der Waals surface area contributed by atoms with E-state index in [2.05, 4.69) is 50.3 Å². The molecule has 0 aromatic carbocycles. The van der Waals surface area contributed by atoms with Crippen molar-refractivity contribution < 1.29 is 24.2 Å². The van der Waals surface area contributed by atoms with Crippen LogP contribution in [0.1, 0.15) is 271 Å². The fourth-order valence-electron chi connectivity index (χ4n) is 7.51. The first-order valence-electron chi connectivity index (χ1n) is 25.5. The molecule has 0 amide bonds. The van der Waals surface area contributed by atoms with Crippen LogP contribution in [0.2, 0.25) is 0 Å². The van der Waals surface area contributed by atoms with E-state index in [-0.39, 0.29) is 25.2 Å². The van der Waals surface area contributed by atoms with Gasteiger partial charge >= 0.3 is 11.9 Å². The molecule has 0 fully saturated rings. The van der Waals surface area contributed by atoms with Gasteiger partial charge in [-0.2, -0.15) is 0 Å². The van der Waals surface area contributed by atoms with Crippen LogP contribution in [-0.2, 0) is 19.1 Å². The Bertz CT molecular complexity index is 924. The molecular formula is C53H98O5. The van der Waals surface area contributed by atoms with Crippen molar-refractivity contribution in [1.82, 2.24) is 0 Å². The quantitative estimate of drug-likeness (QED) is 0.0376. The van der Waals surface area contributed by atoms with Crippen molar-refractivity contribution in [2.75, 3.05) is 13.2 Å². The van der Waals surface area contributed by atoms with Gasteiger partial charge in [0.05, 0.1) is 6.61 Å². The number of aliphatic hydroxyl groups is 1. The van der Waals surface area contributed by atoms with Crippen LogP contribution in [0.3, 0.4) is 0 Å². The van der Waals surface area contributed by atoms with Gasteiger partial charge in [0.2, 0.25) is 0 Å². The Morgan fingerprint density at radius 2 is 0.672 bits per heavy atom. The third kappa shape index (κ3) is 46.8. The smallest absolute Gasteiger partial charge is 0.306 e. The number of carbonyl (C=O) groups is 2. The third-order valence-electron chi connectivity index (χ3n) is 11.4. The van der Waals surface area contributed by atoms with Crippen LogP contribution in [0.25, 0.3) is 0 Å². The molecule has 0 heterocycles. The monoisotopic (exact) mass is 815 g/mol. The number of rotatable bonds is 47. The van der Waals surface area contributed by atoms with Gasteiger partial charge in [-0.05, 0) is 70.6 Å². The van der Waals surface area contributed by atoms with Crippen molar-refractivity contribution >= 4 is 11.9 Å². The lowest BCUT2D eigenvalue weighted by molar-refractivity contribution is -0.161. The zero-order valence-electron chi connectivity index (χ0n) is 38.8. The highest BCUT2D eigenvalue weighted by molar-refractivity contribution is 5.70. The first-order chi connectivity index (χ1) is 28.6. The van der Waals surface area contributed by atoms with E-state index in [0.717, 1.165) is 38.5 Å². The maximum absolute atomic E-state index is 12.2. The molecule has 0 aliphatic rings. The fourth-order valence-corrected chi connectivity index (χ4v) is 7.51. The minimum Gasteiger partial charge on any atom is -0.462 e. The van der Waals surface area contributed by atoms with E-state index in [9.17, 15) is 14.7 Å². The Balaban J connectivity index is 3.53. The van der Waals surface area contributed by atoms with Crippen molar-refractivity contribution in [3.8, 4) is 0 Å². The van der Waals surface area contributed by atoms with E-state index in [4.69, 9.17) is 9.47 Å². The summed E-state index contributed by atoms with van der Waals surface area (Å²) in [6.07, 6.45) is 62.5. The zero-order valence-corrected chi connectivity index (χ0v) is 38.8. The maximum Gasteiger partial charge on any atom is 0.306 e. The van der Waals surface area contributed by atoms with Crippen molar-refractivity contribution in [2.45, 2.75) is 277 Å². The largest absolute Gasteiger partial charge is 0.462 e. The standard InChI is InChI=1S/C53H98O5/c1-3-5-7-9-11-13-15-17-19-21-23-25-26-28-30-32-34-36-38-40-42-44-46-48-53(56)58-51(49-54)50-57-52(55)47-45-43-41-39-37-35-33-31-29-27-24-22-20-18-16-14-12-10-8-6-4-2/h18,20,32,34,40,42,51,54H,3-17,19,21-31,33,35-39,41,43-50H2,1-2H3/b20-18+,34-32+,42-40+/t51-/m0/s1. The first-order valence-corrected chi connectivity index (χ1v) is 25.5. The molecule has 0 bridgehead atoms. The van der Waals surface area contributed by atoms with Crippen LogP contribution < -0.4 is 0 Å².